The van der Waals surface area contributed by atoms with E-state index in [9.17, 15) is 0 Å². The molecule has 4 nitrogen and oxygen atoms in total. The van der Waals surface area contributed by atoms with E-state index in [-0.39, 0.29) is 5.41 Å². The van der Waals surface area contributed by atoms with Crippen molar-refractivity contribution in [1.29, 1.82) is 0 Å². The van der Waals surface area contributed by atoms with Crippen LogP contribution in [0.25, 0.3) is 83.9 Å². The minimum absolute atomic E-state index is 0.316. The lowest BCUT2D eigenvalue weighted by molar-refractivity contribution is 0.558. The van der Waals surface area contributed by atoms with E-state index in [1.165, 1.54) is 72.0 Å². The van der Waals surface area contributed by atoms with Crippen LogP contribution in [-0.2, 0) is 10.8 Å². The van der Waals surface area contributed by atoms with Crippen molar-refractivity contribution in [2.75, 3.05) is 0 Å². The summed E-state index contributed by atoms with van der Waals surface area (Å²) in [6.45, 7) is 4.82. The first-order chi connectivity index (χ1) is 32.0. The van der Waals surface area contributed by atoms with Gasteiger partial charge < -0.3 is 4.57 Å². The molecule has 0 amide bonds. The van der Waals surface area contributed by atoms with E-state index in [1.807, 2.05) is 24.3 Å². The van der Waals surface area contributed by atoms with E-state index in [0.717, 1.165) is 27.8 Å². The molecule has 3 heterocycles. The lowest BCUT2D eigenvalue weighted by Crippen LogP contribution is -2.44. The third kappa shape index (κ3) is 5.41. The molecule has 0 saturated carbocycles. The number of fused-ring (bicyclic) bond motifs is 11. The van der Waals surface area contributed by atoms with Crippen LogP contribution < -0.4 is 0 Å². The van der Waals surface area contributed by atoms with E-state index in [2.05, 4.69) is 213 Å². The van der Waals surface area contributed by atoms with Gasteiger partial charge >= 0.3 is 0 Å². The molecule has 1 aliphatic heterocycles. The first-order valence-electron chi connectivity index (χ1n) is 22.4. The predicted molar refractivity (Wildman–Crippen MR) is 265 cm³/mol. The summed E-state index contributed by atoms with van der Waals surface area (Å²) in [5.41, 5.74) is 18.4. The molecule has 1 spiro atoms. The van der Waals surface area contributed by atoms with Gasteiger partial charge in [0, 0.05) is 32.9 Å². The zero-order chi connectivity index (χ0) is 43.3. The molecular formula is C61H42N4. The van der Waals surface area contributed by atoms with Gasteiger partial charge in [0.15, 0.2) is 17.5 Å². The molecule has 2 aromatic heterocycles. The molecule has 0 N–H and O–H groups in total. The summed E-state index contributed by atoms with van der Waals surface area (Å²) >= 11 is 0. The smallest absolute Gasteiger partial charge is 0.164 e. The van der Waals surface area contributed by atoms with Gasteiger partial charge in [0.05, 0.1) is 22.1 Å². The SMILES string of the molecule is CC1(C)c2ccccc2C2(c3ccccc3-n3c4ccccc4c4cccc2c43)c2cccc(-c3ccc(-c4nc(-c5ccccc5)nc(-c5ccc(-c6ccccc6)cc5)n4)cc3)c21. The third-order valence-corrected chi connectivity index (χ3v) is 14.1. The summed E-state index contributed by atoms with van der Waals surface area (Å²) in [6.07, 6.45) is 0. The monoisotopic (exact) mass is 830 g/mol. The molecule has 4 heteroatoms. The van der Waals surface area contributed by atoms with Crippen molar-refractivity contribution in [3.05, 3.63) is 252 Å². The van der Waals surface area contributed by atoms with Crippen LogP contribution in [0.2, 0.25) is 0 Å². The number of aromatic nitrogens is 4. The number of nitrogens with zero attached hydrogens (tertiary/aromatic N) is 4. The molecule has 1 unspecified atom stereocenters. The summed E-state index contributed by atoms with van der Waals surface area (Å²) in [5.74, 6) is 1.92. The normalized spacial score (nSPS) is 15.4. The van der Waals surface area contributed by atoms with Gasteiger partial charge in [-0.15, -0.1) is 0 Å². The van der Waals surface area contributed by atoms with Crippen molar-refractivity contribution >= 4 is 21.8 Å². The largest absolute Gasteiger partial charge is 0.309 e. The summed E-state index contributed by atoms with van der Waals surface area (Å²) < 4.78 is 2.51. The molecule has 0 radical (unpaired) electrons. The highest BCUT2D eigenvalue weighted by molar-refractivity contribution is 6.12. The van der Waals surface area contributed by atoms with Crippen LogP contribution in [0.5, 0.6) is 0 Å². The Bertz CT molecular complexity index is 3660. The van der Waals surface area contributed by atoms with Crippen molar-refractivity contribution in [2.24, 2.45) is 0 Å². The highest BCUT2D eigenvalue weighted by atomic mass is 15.0. The average Bonchev–Trinajstić information content (AvgIpc) is 3.72. The Kier molecular flexibility index (Phi) is 8.13. The zero-order valence-electron chi connectivity index (χ0n) is 36.1. The fraction of sp³-hybridized carbons (Fsp3) is 0.0656. The first kappa shape index (κ1) is 37.4. The highest BCUT2D eigenvalue weighted by Gasteiger charge is 2.53. The van der Waals surface area contributed by atoms with E-state index in [0.29, 0.717) is 17.5 Å². The van der Waals surface area contributed by atoms with Gasteiger partial charge in [0.2, 0.25) is 0 Å². The quantitative estimate of drug-likeness (QED) is 0.174. The van der Waals surface area contributed by atoms with Gasteiger partial charge in [-0.3, -0.25) is 0 Å². The fourth-order valence-electron chi connectivity index (χ4n) is 11.3. The molecule has 1 aliphatic carbocycles. The number of para-hydroxylation sites is 3. The molecule has 13 rings (SSSR count). The molecular weight excluding hydrogens is 789 g/mol. The van der Waals surface area contributed by atoms with Crippen LogP contribution in [-0.4, -0.2) is 19.5 Å². The Labute approximate surface area is 378 Å². The first-order valence-corrected chi connectivity index (χ1v) is 22.4. The summed E-state index contributed by atoms with van der Waals surface area (Å²) in [5, 5.41) is 2.56. The molecule has 1 atom stereocenters. The topological polar surface area (TPSA) is 43.6 Å². The second-order valence-electron chi connectivity index (χ2n) is 17.9. The van der Waals surface area contributed by atoms with Crippen LogP contribution in [0.4, 0.5) is 0 Å². The molecule has 9 aromatic carbocycles. The van der Waals surface area contributed by atoms with Crippen molar-refractivity contribution in [2.45, 2.75) is 24.7 Å². The maximum absolute atomic E-state index is 5.13. The van der Waals surface area contributed by atoms with Gasteiger partial charge in [-0.2, -0.15) is 0 Å². The lowest BCUT2D eigenvalue weighted by Gasteiger charge is -2.50. The van der Waals surface area contributed by atoms with Gasteiger partial charge in [0.1, 0.15) is 0 Å². The Morgan fingerprint density at radius 3 is 1.49 bits per heavy atom. The zero-order valence-corrected chi connectivity index (χ0v) is 36.1. The minimum atomic E-state index is -0.563. The molecule has 11 aromatic rings. The maximum Gasteiger partial charge on any atom is 0.164 e. The van der Waals surface area contributed by atoms with Crippen LogP contribution in [0.15, 0.2) is 218 Å². The van der Waals surface area contributed by atoms with Crippen molar-refractivity contribution in [1.82, 2.24) is 19.5 Å². The van der Waals surface area contributed by atoms with Crippen molar-refractivity contribution < 1.29 is 0 Å². The third-order valence-electron chi connectivity index (χ3n) is 14.1. The van der Waals surface area contributed by atoms with E-state index in [4.69, 9.17) is 15.0 Å². The van der Waals surface area contributed by atoms with Gasteiger partial charge in [-0.1, -0.05) is 220 Å². The number of hydrogen-bond donors (Lipinski definition) is 0. The standard InChI is InChI=1S/C61H42N4/c1-60(2)48-24-10-11-25-49(48)61(50-26-12-14-30-54(50)65-53-29-13-9-21-46(53)47-23-16-28-52(61)56(47)65)51-27-15-22-45(55(51)60)41-33-37-44(38-34-41)59-63-57(42-19-7-4-8-20-42)62-58(64-59)43-35-31-40(32-36-43)39-17-5-3-6-18-39/h3-38H,1-2H3. The van der Waals surface area contributed by atoms with Crippen LogP contribution in [0.1, 0.15) is 47.2 Å². The van der Waals surface area contributed by atoms with Crippen LogP contribution in [0.3, 0.4) is 0 Å². The second-order valence-corrected chi connectivity index (χ2v) is 17.9. The van der Waals surface area contributed by atoms with Gasteiger partial charge in [-0.05, 0) is 67.8 Å². The van der Waals surface area contributed by atoms with Crippen molar-refractivity contribution in [3.63, 3.8) is 0 Å². The molecule has 306 valence electrons. The van der Waals surface area contributed by atoms with Gasteiger partial charge in [0.25, 0.3) is 0 Å². The predicted octanol–water partition coefficient (Wildman–Crippen LogP) is 14.6. The summed E-state index contributed by atoms with van der Waals surface area (Å²) in [4.78, 5) is 15.2. The molecule has 2 aliphatic rings. The van der Waals surface area contributed by atoms with E-state index >= 15 is 0 Å². The number of benzene rings is 9. The van der Waals surface area contributed by atoms with E-state index in [1.54, 1.807) is 0 Å². The van der Waals surface area contributed by atoms with E-state index < -0.39 is 5.41 Å². The number of rotatable bonds is 5. The lowest BCUT2D eigenvalue weighted by atomic mass is 9.52. The maximum atomic E-state index is 5.13. The molecule has 0 bridgehead atoms. The summed E-state index contributed by atoms with van der Waals surface area (Å²) in [6, 6.07) is 79.1. The molecule has 65 heavy (non-hydrogen) atoms. The van der Waals surface area contributed by atoms with Crippen molar-refractivity contribution in [3.8, 4) is 62.1 Å². The number of hydrogen-bond acceptors (Lipinski definition) is 3. The fourth-order valence-corrected chi connectivity index (χ4v) is 11.3. The molecule has 0 saturated heterocycles. The van der Waals surface area contributed by atoms with Crippen LogP contribution in [0, 0.1) is 0 Å². The average molecular weight is 831 g/mol. The Morgan fingerprint density at radius 2 is 0.800 bits per heavy atom. The Morgan fingerprint density at radius 1 is 0.338 bits per heavy atom. The Hall–Kier alpha value is -8.21. The van der Waals surface area contributed by atoms with Gasteiger partial charge in [-0.25, -0.2) is 15.0 Å². The summed E-state index contributed by atoms with van der Waals surface area (Å²) in [7, 11) is 0. The highest BCUT2D eigenvalue weighted by Crippen LogP contribution is 2.61. The second kappa shape index (κ2) is 14.2. The minimum Gasteiger partial charge on any atom is -0.309 e. The Balaban J connectivity index is 0.990. The van der Waals surface area contributed by atoms with Crippen LogP contribution >= 0.6 is 0 Å². The molecule has 0 fully saturated rings.